The van der Waals surface area contributed by atoms with E-state index in [1.54, 1.807) is 6.07 Å². The van der Waals surface area contributed by atoms with Crippen LogP contribution in [-0.4, -0.2) is 21.6 Å². The standard InChI is InChI=1S/C8H10N2O4S.ClH/c9-5-1-2-6-7(14-4-3-13-6)8(5)15(10,11)12;/h1-2H,3-4,9H2,(H2,10,11,12);1H. The predicted molar refractivity (Wildman–Crippen MR) is 60.5 cm³/mol. The predicted octanol–water partition coefficient (Wildman–Crippen LogP) is 0.109. The molecule has 0 atom stereocenters. The van der Waals surface area contributed by atoms with Crippen LogP contribution in [0.3, 0.4) is 0 Å². The molecule has 8 heteroatoms. The molecule has 0 aromatic heterocycles. The summed E-state index contributed by atoms with van der Waals surface area (Å²) in [6.07, 6.45) is 0. The van der Waals surface area contributed by atoms with Crippen molar-refractivity contribution >= 4 is 28.1 Å². The Labute approximate surface area is 99.0 Å². The van der Waals surface area contributed by atoms with E-state index in [0.717, 1.165) is 0 Å². The van der Waals surface area contributed by atoms with Crippen molar-refractivity contribution in [2.24, 2.45) is 5.14 Å². The van der Waals surface area contributed by atoms with Crippen molar-refractivity contribution in [2.75, 3.05) is 18.9 Å². The van der Waals surface area contributed by atoms with Crippen LogP contribution < -0.4 is 20.3 Å². The zero-order chi connectivity index (χ0) is 11.1. The molecule has 1 aliphatic heterocycles. The number of nitrogens with two attached hydrogens (primary N) is 2. The van der Waals surface area contributed by atoms with Crippen molar-refractivity contribution in [1.29, 1.82) is 0 Å². The molecular weight excluding hydrogens is 256 g/mol. The largest absolute Gasteiger partial charge is 0.486 e. The number of primary sulfonamides is 1. The maximum absolute atomic E-state index is 11.3. The number of sulfonamides is 1. The molecule has 0 amide bonds. The van der Waals surface area contributed by atoms with Crippen LogP contribution in [0.15, 0.2) is 17.0 Å². The Morgan fingerprint density at radius 2 is 1.81 bits per heavy atom. The summed E-state index contributed by atoms with van der Waals surface area (Å²) in [5, 5.41) is 5.04. The van der Waals surface area contributed by atoms with E-state index in [-0.39, 0.29) is 35.3 Å². The van der Waals surface area contributed by atoms with Gasteiger partial charge in [0.05, 0.1) is 5.69 Å². The van der Waals surface area contributed by atoms with E-state index in [0.29, 0.717) is 12.4 Å². The lowest BCUT2D eigenvalue weighted by molar-refractivity contribution is 0.167. The van der Waals surface area contributed by atoms with Gasteiger partial charge in [0.15, 0.2) is 16.4 Å². The van der Waals surface area contributed by atoms with E-state index < -0.39 is 10.0 Å². The van der Waals surface area contributed by atoms with Crippen LogP contribution in [0.25, 0.3) is 0 Å². The van der Waals surface area contributed by atoms with Gasteiger partial charge in [-0.15, -0.1) is 12.4 Å². The minimum atomic E-state index is -3.90. The first-order valence-corrected chi connectivity index (χ1v) is 5.75. The molecule has 2 rings (SSSR count). The van der Waals surface area contributed by atoms with Crippen LogP contribution in [-0.2, 0) is 10.0 Å². The topological polar surface area (TPSA) is 105 Å². The molecule has 90 valence electrons. The number of ether oxygens (including phenoxy) is 2. The summed E-state index contributed by atoms with van der Waals surface area (Å²) in [6, 6.07) is 2.98. The number of hydrogen-bond donors (Lipinski definition) is 2. The van der Waals surface area contributed by atoms with Crippen molar-refractivity contribution < 1.29 is 17.9 Å². The monoisotopic (exact) mass is 266 g/mol. The van der Waals surface area contributed by atoms with Crippen molar-refractivity contribution in [2.45, 2.75) is 4.90 Å². The molecule has 0 bridgehead atoms. The SMILES string of the molecule is Cl.Nc1ccc2c(c1S(N)(=O)=O)OCCO2. The molecule has 0 fully saturated rings. The molecule has 16 heavy (non-hydrogen) atoms. The fourth-order valence-corrected chi connectivity index (χ4v) is 2.21. The lowest BCUT2D eigenvalue weighted by Gasteiger charge is -2.21. The molecule has 0 aliphatic carbocycles. The van der Waals surface area contributed by atoms with Crippen LogP contribution >= 0.6 is 12.4 Å². The Balaban J connectivity index is 0.00000128. The Hall–Kier alpha value is -1.18. The number of anilines is 1. The second-order valence-corrected chi connectivity index (χ2v) is 4.55. The summed E-state index contributed by atoms with van der Waals surface area (Å²) in [6.45, 7) is 0.653. The number of benzene rings is 1. The molecular formula is C8H11ClN2O4S. The van der Waals surface area contributed by atoms with Gasteiger partial charge in [0.1, 0.15) is 13.2 Å². The lowest BCUT2D eigenvalue weighted by atomic mass is 10.2. The van der Waals surface area contributed by atoms with E-state index in [4.69, 9.17) is 20.3 Å². The summed E-state index contributed by atoms with van der Waals surface area (Å²) < 4.78 is 33.0. The fraction of sp³-hybridized carbons (Fsp3) is 0.250. The molecule has 0 radical (unpaired) electrons. The van der Waals surface area contributed by atoms with Crippen molar-refractivity contribution in [3.05, 3.63) is 12.1 Å². The Morgan fingerprint density at radius 3 is 2.44 bits per heavy atom. The van der Waals surface area contributed by atoms with Crippen LogP contribution in [0.4, 0.5) is 5.69 Å². The van der Waals surface area contributed by atoms with Gasteiger partial charge in [-0.25, -0.2) is 13.6 Å². The molecule has 1 heterocycles. The third-order valence-electron chi connectivity index (χ3n) is 1.98. The van der Waals surface area contributed by atoms with Gasteiger partial charge in [0.2, 0.25) is 10.0 Å². The molecule has 0 unspecified atom stereocenters. The summed E-state index contributed by atoms with van der Waals surface area (Å²) >= 11 is 0. The summed E-state index contributed by atoms with van der Waals surface area (Å²) in [4.78, 5) is -0.209. The second kappa shape index (κ2) is 4.36. The molecule has 1 aliphatic rings. The Kier molecular flexibility index (Phi) is 3.51. The third kappa shape index (κ3) is 2.16. The summed E-state index contributed by atoms with van der Waals surface area (Å²) in [5.74, 6) is 0.447. The number of nitrogen functional groups attached to an aromatic ring is 1. The van der Waals surface area contributed by atoms with E-state index in [1.807, 2.05) is 0 Å². The van der Waals surface area contributed by atoms with Crippen LogP contribution in [0.2, 0.25) is 0 Å². The zero-order valence-electron chi connectivity index (χ0n) is 8.17. The summed E-state index contributed by atoms with van der Waals surface area (Å²) in [5.41, 5.74) is 5.59. The molecule has 0 spiro atoms. The van der Waals surface area contributed by atoms with E-state index in [2.05, 4.69) is 0 Å². The highest BCUT2D eigenvalue weighted by Gasteiger charge is 2.25. The minimum Gasteiger partial charge on any atom is -0.486 e. The highest BCUT2D eigenvalue weighted by molar-refractivity contribution is 7.89. The number of halogens is 1. The highest BCUT2D eigenvalue weighted by Crippen LogP contribution is 2.39. The maximum atomic E-state index is 11.3. The summed E-state index contributed by atoms with van der Waals surface area (Å²) in [7, 11) is -3.90. The molecule has 1 aromatic rings. The quantitative estimate of drug-likeness (QED) is 0.702. The van der Waals surface area contributed by atoms with E-state index in [1.165, 1.54) is 6.07 Å². The first-order valence-electron chi connectivity index (χ1n) is 4.21. The van der Waals surface area contributed by atoms with E-state index >= 15 is 0 Å². The highest BCUT2D eigenvalue weighted by atomic mass is 35.5. The van der Waals surface area contributed by atoms with Gasteiger partial charge in [0.25, 0.3) is 0 Å². The first kappa shape index (κ1) is 12.9. The average molecular weight is 267 g/mol. The van der Waals surface area contributed by atoms with Gasteiger partial charge in [-0.3, -0.25) is 0 Å². The normalized spacial score (nSPS) is 14.1. The van der Waals surface area contributed by atoms with E-state index in [9.17, 15) is 8.42 Å². The third-order valence-corrected chi connectivity index (χ3v) is 2.97. The molecule has 1 aromatic carbocycles. The van der Waals surface area contributed by atoms with Crippen LogP contribution in [0.1, 0.15) is 0 Å². The fourth-order valence-electron chi connectivity index (χ4n) is 1.40. The lowest BCUT2D eigenvalue weighted by Crippen LogP contribution is -2.21. The van der Waals surface area contributed by atoms with Gasteiger partial charge in [-0.2, -0.15) is 0 Å². The number of fused-ring (bicyclic) bond motifs is 1. The molecule has 0 saturated carbocycles. The Bertz CT molecular complexity index is 503. The number of hydrogen-bond acceptors (Lipinski definition) is 5. The molecule has 4 N–H and O–H groups in total. The maximum Gasteiger partial charge on any atom is 0.243 e. The second-order valence-electron chi connectivity index (χ2n) is 3.05. The van der Waals surface area contributed by atoms with Crippen LogP contribution in [0, 0.1) is 0 Å². The van der Waals surface area contributed by atoms with Gasteiger partial charge in [0, 0.05) is 0 Å². The van der Waals surface area contributed by atoms with Crippen molar-refractivity contribution in [3.63, 3.8) is 0 Å². The first-order chi connectivity index (χ1) is 7.00. The van der Waals surface area contributed by atoms with Crippen molar-refractivity contribution in [1.82, 2.24) is 0 Å². The Morgan fingerprint density at radius 1 is 1.19 bits per heavy atom. The minimum absolute atomic E-state index is 0. The smallest absolute Gasteiger partial charge is 0.243 e. The van der Waals surface area contributed by atoms with Gasteiger partial charge in [-0.05, 0) is 12.1 Å². The van der Waals surface area contributed by atoms with Gasteiger partial charge >= 0.3 is 0 Å². The number of rotatable bonds is 1. The van der Waals surface area contributed by atoms with Crippen LogP contribution in [0.5, 0.6) is 11.5 Å². The molecule has 0 saturated heterocycles. The van der Waals surface area contributed by atoms with Crippen molar-refractivity contribution in [3.8, 4) is 11.5 Å². The average Bonchev–Trinajstić information content (AvgIpc) is 2.15. The van der Waals surface area contributed by atoms with Gasteiger partial charge in [-0.1, -0.05) is 0 Å². The molecule has 6 nitrogen and oxygen atoms in total. The zero-order valence-corrected chi connectivity index (χ0v) is 9.81. The van der Waals surface area contributed by atoms with Gasteiger partial charge < -0.3 is 15.2 Å².